The highest BCUT2D eigenvalue weighted by molar-refractivity contribution is 5.98. The molecule has 0 aliphatic heterocycles. The predicted molar refractivity (Wildman–Crippen MR) is 50.9 cm³/mol. The van der Waals surface area contributed by atoms with Gasteiger partial charge in [-0.2, -0.15) is 0 Å². The number of ketones is 1. The molecule has 0 aromatic carbocycles. The lowest BCUT2D eigenvalue weighted by Gasteiger charge is -2.38. The first-order chi connectivity index (χ1) is 5.50. The Morgan fingerprint density at radius 3 is 1.92 bits per heavy atom. The average molecular weight is 166 g/mol. The first-order valence-electron chi connectivity index (χ1n) is 4.74. The highest BCUT2D eigenvalue weighted by Crippen LogP contribution is 2.50. The second-order valence-corrected chi connectivity index (χ2v) is 4.21. The summed E-state index contributed by atoms with van der Waals surface area (Å²) >= 11 is 0. The molecule has 0 saturated heterocycles. The second kappa shape index (κ2) is 2.72. The van der Waals surface area contributed by atoms with Crippen LogP contribution < -0.4 is 0 Å². The molecule has 1 aliphatic rings. The Labute approximate surface area is 74.9 Å². The molecule has 0 fully saturated rings. The molecule has 0 spiro atoms. The Balaban J connectivity index is 3.09. The molecule has 1 aliphatic carbocycles. The second-order valence-electron chi connectivity index (χ2n) is 4.21. The van der Waals surface area contributed by atoms with Gasteiger partial charge in [-0.15, -0.1) is 0 Å². The molecule has 0 unspecified atom stereocenters. The lowest BCUT2D eigenvalue weighted by Crippen LogP contribution is -2.37. The van der Waals surface area contributed by atoms with Crippen molar-refractivity contribution in [2.75, 3.05) is 0 Å². The molecule has 0 atom stereocenters. The minimum atomic E-state index is -0.118. The van der Waals surface area contributed by atoms with Crippen LogP contribution in [0.15, 0.2) is 12.2 Å². The predicted octanol–water partition coefficient (Wildman–Crippen LogP) is 2.96. The van der Waals surface area contributed by atoms with Crippen LogP contribution in [0.3, 0.4) is 0 Å². The summed E-state index contributed by atoms with van der Waals surface area (Å²) in [6.45, 7) is 8.52. The van der Waals surface area contributed by atoms with Crippen LogP contribution in [0.5, 0.6) is 0 Å². The highest BCUT2D eigenvalue weighted by atomic mass is 16.1. The number of allylic oxidation sites excluding steroid dienone is 2. The van der Waals surface area contributed by atoms with Gasteiger partial charge in [0.2, 0.25) is 0 Å². The monoisotopic (exact) mass is 166 g/mol. The Morgan fingerprint density at radius 1 is 1.25 bits per heavy atom. The summed E-state index contributed by atoms with van der Waals surface area (Å²) in [5.74, 6) is 0.317. The van der Waals surface area contributed by atoms with Crippen LogP contribution >= 0.6 is 0 Å². The summed E-state index contributed by atoms with van der Waals surface area (Å²) in [6.07, 6.45) is 5.71. The van der Waals surface area contributed by atoms with Crippen molar-refractivity contribution >= 4 is 5.78 Å². The van der Waals surface area contributed by atoms with Gasteiger partial charge in [0.05, 0.1) is 0 Å². The molecule has 0 bridgehead atoms. The Kier molecular flexibility index (Phi) is 2.15. The smallest absolute Gasteiger partial charge is 0.162 e. The third-order valence-electron chi connectivity index (χ3n) is 3.56. The normalized spacial score (nSPS) is 24.8. The summed E-state index contributed by atoms with van der Waals surface area (Å²) in [6, 6.07) is 0. The van der Waals surface area contributed by atoms with E-state index in [1.807, 2.05) is 0 Å². The molecule has 0 aromatic rings. The van der Waals surface area contributed by atoms with E-state index >= 15 is 0 Å². The fourth-order valence-electron chi connectivity index (χ4n) is 2.43. The van der Waals surface area contributed by atoms with Gasteiger partial charge in [-0.05, 0) is 24.3 Å². The van der Waals surface area contributed by atoms with Crippen molar-refractivity contribution in [2.24, 2.45) is 10.8 Å². The van der Waals surface area contributed by atoms with Crippen LogP contribution in [-0.4, -0.2) is 5.78 Å². The maximum absolute atomic E-state index is 11.7. The van der Waals surface area contributed by atoms with Gasteiger partial charge in [0.15, 0.2) is 5.78 Å². The summed E-state index contributed by atoms with van der Waals surface area (Å²) in [4.78, 5) is 11.7. The van der Waals surface area contributed by atoms with Gasteiger partial charge < -0.3 is 0 Å². The zero-order valence-electron chi connectivity index (χ0n) is 8.48. The van der Waals surface area contributed by atoms with Crippen molar-refractivity contribution < 1.29 is 4.79 Å². The van der Waals surface area contributed by atoms with Crippen LogP contribution in [0.4, 0.5) is 0 Å². The third kappa shape index (κ3) is 0.954. The van der Waals surface area contributed by atoms with Crippen LogP contribution in [0.2, 0.25) is 0 Å². The molecule has 0 amide bonds. The van der Waals surface area contributed by atoms with Crippen molar-refractivity contribution in [3.63, 3.8) is 0 Å². The minimum absolute atomic E-state index is 0.0492. The van der Waals surface area contributed by atoms with E-state index in [2.05, 4.69) is 33.8 Å². The SMILES string of the molecule is CCC1(CC)C(=O)C=CC1(C)C. The quantitative estimate of drug-likeness (QED) is 0.616. The molecule has 1 nitrogen and oxygen atoms in total. The molecule has 12 heavy (non-hydrogen) atoms. The van der Waals surface area contributed by atoms with Crippen LogP contribution in [0, 0.1) is 10.8 Å². The third-order valence-corrected chi connectivity index (χ3v) is 3.56. The number of hydrogen-bond acceptors (Lipinski definition) is 1. The first-order valence-corrected chi connectivity index (χ1v) is 4.74. The van der Waals surface area contributed by atoms with E-state index in [4.69, 9.17) is 0 Å². The van der Waals surface area contributed by atoms with Crippen molar-refractivity contribution in [3.05, 3.63) is 12.2 Å². The summed E-state index contributed by atoms with van der Waals surface area (Å²) in [5.41, 5.74) is -0.0689. The van der Waals surface area contributed by atoms with Gasteiger partial charge in [-0.1, -0.05) is 33.8 Å². The molecular weight excluding hydrogens is 148 g/mol. The van der Waals surface area contributed by atoms with E-state index in [0.29, 0.717) is 5.78 Å². The van der Waals surface area contributed by atoms with E-state index < -0.39 is 0 Å². The Bertz CT molecular complexity index is 219. The number of rotatable bonds is 2. The highest BCUT2D eigenvalue weighted by Gasteiger charge is 2.48. The van der Waals surface area contributed by atoms with Gasteiger partial charge >= 0.3 is 0 Å². The molecule has 0 radical (unpaired) electrons. The van der Waals surface area contributed by atoms with Crippen LogP contribution in [0.1, 0.15) is 40.5 Å². The lowest BCUT2D eigenvalue weighted by atomic mass is 9.64. The number of carbonyl (C=O) groups is 1. The van der Waals surface area contributed by atoms with Crippen molar-refractivity contribution in [2.45, 2.75) is 40.5 Å². The zero-order chi connectivity index (χ0) is 9.41. The topological polar surface area (TPSA) is 17.1 Å². The van der Waals surface area contributed by atoms with E-state index in [0.717, 1.165) is 12.8 Å². The molecule has 0 saturated carbocycles. The summed E-state index contributed by atoms with van der Waals surface area (Å²) < 4.78 is 0. The van der Waals surface area contributed by atoms with Gasteiger partial charge in [0.1, 0.15) is 0 Å². The summed E-state index contributed by atoms with van der Waals surface area (Å²) in [7, 11) is 0. The van der Waals surface area contributed by atoms with Crippen molar-refractivity contribution in [1.82, 2.24) is 0 Å². The van der Waals surface area contributed by atoms with Crippen LogP contribution in [-0.2, 0) is 4.79 Å². The number of hydrogen-bond donors (Lipinski definition) is 0. The lowest BCUT2D eigenvalue weighted by molar-refractivity contribution is -0.127. The molecule has 68 valence electrons. The fraction of sp³-hybridized carbons (Fsp3) is 0.727. The summed E-state index contributed by atoms with van der Waals surface area (Å²) in [5, 5.41) is 0. The van der Waals surface area contributed by atoms with Gasteiger partial charge in [0.25, 0.3) is 0 Å². The first kappa shape index (κ1) is 9.50. The largest absolute Gasteiger partial charge is 0.294 e. The standard InChI is InChI=1S/C11H18O/c1-5-11(6-2)9(12)7-8-10(11,3)4/h7-8H,5-6H2,1-4H3. The number of carbonyl (C=O) groups excluding carboxylic acids is 1. The van der Waals surface area contributed by atoms with Gasteiger partial charge in [-0.3, -0.25) is 4.79 Å². The van der Waals surface area contributed by atoms with E-state index in [1.54, 1.807) is 6.08 Å². The molecule has 1 heteroatoms. The molecule has 0 aromatic heterocycles. The van der Waals surface area contributed by atoms with Crippen molar-refractivity contribution in [1.29, 1.82) is 0 Å². The Hall–Kier alpha value is -0.590. The molecule has 1 rings (SSSR count). The fourth-order valence-corrected chi connectivity index (χ4v) is 2.43. The van der Waals surface area contributed by atoms with E-state index in [1.165, 1.54) is 0 Å². The maximum atomic E-state index is 11.7. The van der Waals surface area contributed by atoms with Crippen molar-refractivity contribution in [3.8, 4) is 0 Å². The van der Waals surface area contributed by atoms with E-state index in [-0.39, 0.29) is 10.8 Å². The molecular formula is C11H18O. The van der Waals surface area contributed by atoms with Crippen LogP contribution in [0.25, 0.3) is 0 Å². The Morgan fingerprint density at radius 2 is 1.75 bits per heavy atom. The zero-order valence-corrected chi connectivity index (χ0v) is 8.48. The molecule has 0 N–H and O–H groups in total. The van der Waals surface area contributed by atoms with Gasteiger partial charge in [-0.25, -0.2) is 0 Å². The maximum Gasteiger partial charge on any atom is 0.162 e. The van der Waals surface area contributed by atoms with Gasteiger partial charge in [0, 0.05) is 5.41 Å². The minimum Gasteiger partial charge on any atom is -0.294 e. The van der Waals surface area contributed by atoms with E-state index in [9.17, 15) is 4.79 Å². The average Bonchev–Trinajstić information content (AvgIpc) is 2.24. The molecule has 0 heterocycles.